The van der Waals surface area contributed by atoms with Gasteiger partial charge in [0.15, 0.2) is 6.29 Å². The molecule has 0 aromatic heterocycles. The summed E-state index contributed by atoms with van der Waals surface area (Å²) in [5, 5.41) is 0. The molecule has 0 fully saturated rings. The predicted molar refractivity (Wildman–Crippen MR) is 53.2 cm³/mol. The van der Waals surface area contributed by atoms with Crippen LogP contribution in [0.4, 0.5) is 26.3 Å². The molecule has 1 aromatic rings. The van der Waals surface area contributed by atoms with Gasteiger partial charge in [-0.05, 0) is 12.1 Å². The summed E-state index contributed by atoms with van der Waals surface area (Å²) in [5.74, 6) is -1.28. The van der Waals surface area contributed by atoms with E-state index >= 15 is 0 Å². The zero-order chi connectivity index (χ0) is 15.7. The number of rotatable bonds is 2. The van der Waals surface area contributed by atoms with Crippen molar-refractivity contribution in [3.63, 3.8) is 0 Å². The third-order valence-corrected chi connectivity index (χ3v) is 2.31. The van der Waals surface area contributed by atoms with Crippen LogP contribution in [-0.4, -0.2) is 19.4 Å². The van der Waals surface area contributed by atoms with Crippen molar-refractivity contribution in [2.75, 3.05) is 7.11 Å². The van der Waals surface area contributed by atoms with Crippen molar-refractivity contribution in [3.05, 3.63) is 34.4 Å². The fraction of sp³-hybridized carbons (Fsp3) is 0.273. The van der Waals surface area contributed by atoms with Gasteiger partial charge in [0, 0.05) is 5.56 Å². The van der Waals surface area contributed by atoms with Crippen LogP contribution in [0.25, 0.3) is 0 Å². The molecule has 9 heteroatoms. The van der Waals surface area contributed by atoms with Crippen LogP contribution < -0.4 is 0 Å². The molecule has 0 bridgehead atoms. The summed E-state index contributed by atoms with van der Waals surface area (Å²) >= 11 is 0. The van der Waals surface area contributed by atoms with Gasteiger partial charge in [-0.3, -0.25) is 4.79 Å². The highest BCUT2D eigenvalue weighted by Gasteiger charge is 2.45. The monoisotopic (exact) mass is 300 g/mol. The Balaban J connectivity index is 3.75. The van der Waals surface area contributed by atoms with Gasteiger partial charge in [0.05, 0.1) is 23.8 Å². The zero-order valence-corrected chi connectivity index (χ0v) is 9.72. The molecule has 1 rings (SSSR count). The average Bonchev–Trinajstić information content (AvgIpc) is 2.33. The fourth-order valence-corrected chi connectivity index (χ4v) is 1.53. The molecule has 110 valence electrons. The number of hydrogen-bond donors (Lipinski definition) is 0. The first-order valence-corrected chi connectivity index (χ1v) is 4.88. The van der Waals surface area contributed by atoms with E-state index in [1.165, 1.54) is 0 Å². The molecular formula is C11H6F6O3. The summed E-state index contributed by atoms with van der Waals surface area (Å²) in [5.41, 5.74) is -6.33. The van der Waals surface area contributed by atoms with E-state index in [1.54, 1.807) is 0 Å². The van der Waals surface area contributed by atoms with E-state index in [4.69, 9.17) is 0 Å². The third kappa shape index (κ3) is 3.09. The number of ether oxygens (including phenoxy) is 1. The molecule has 0 aliphatic heterocycles. The number of methoxy groups -OCH3 is 1. The Kier molecular flexibility index (Phi) is 4.11. The first-order chi connectivity index (χ1) is 9.02. The molecule has 20 heavy (non-hydrogen) atoms. The van der Waals surface area contributed by atoms with Gasteiger partial charge in [0.25, 0.3) is 0 Å². The van der Waals surface area contributed by atoms with Crippen LogP contribution in [0.3, 0.4) is 0 Å². The number of halogens is 6. The van der Waals surface area contributed by atoms with Crippen molar-refractivity contribution in [3.8, 4) is 0 Å². The van der Waals surface area contributed by atoms with E-state index < -0.39 is 46.9 Å². The van der Waals surface area contributed by atoms with E-state index in [2.05, 4.69) is 4.74 Å². The van der Waals surface area contributed by atoms with Crippen LogP contribution >= 0.6 is 0 Å². The van der Waals surface area contributed by atoms with Gasteiger partial charge in [0.2, 0.25) is 0 Å². The lowest BCUT2D eigenvalue weighted by Crippen LogP contribution is -2.20. The second-order valence-corrected chi connectivity index (χ2v) is 3.59. The molecule has 3 nitrogen and oxygen atoms in total. The molecular weight excluding hydrogens is 294 g/mol. The largest absolute Gasteiger partial charge is 0.465 e. The quantitative estimate of drug-likeness (QED) is 0.478. The third-order valence-electron chi connectivity index (χ3n) is 2.31. The van der Waals surface area contributed by atoms with Crippen molar-refractivity contribution in [2.24, 2.45) is 0 Å². The lowest BCUT2D eigenvalue weighted by Gasteiger charge is -2.18. The highest BCUT2D eigenvalue weighted by Crippen LogP contribution is 2.42. The molecule has 0 N–H and O–H groups in total. The summed E-state index contributed by atoms with van der Waals surface area (Å²) in [6.45, 7) is 0. The number of alkyl halides is 6. The average molecular weight is 300 g/mol. The summed E-state index contributed by atoms with van der Waals surface area (Å²) in [4.78, 5) is 21.7. The second-order valence-electron chi connectivity index (χ2n) is 3.59. The van der Waals surface area contributed by atoms with Crippen LogP contribution in [0.1, 0.15) is 31.8 Å². The topological polar surface area (TPSA) is 43.4 Å². The second kappa shape index (κ2) is 5.14. The number of carbonyl (C=O) groups excluding carboxylic acids is 2. The smallest absolute Gasteiger partial charge is 0.417 e. The van der Waals surface area contributed by atoms with Gasteiger partial charge in [-0.25, -0.2) is 4.79 Å². The number of aldehydes is 1. The van der Waals surface area contributed by atoms with Gasteiger partial charge >= 0.3 is 18.3 Å². The summed E-state index contributed by atoms with van der Waals surface area (Å²) in [7, 11) is 0.841. The molecule has 0 unspecified atom stereocenters. The SMILES string of the molecule is COC(=O)c1cc(C=O)c(C(F)(F)F)c(C(F)(F)F)c1. The first-order valence-electron chi connectivity index (χ1n) is 4.88. The van der Waals surface area contributed by atoms with E-state index in [-0.39, 0.29) is 6.07 Å². The highest BCUT2D eigenvalue weighted by molar-refractivity contribution is 5.92. The number of hydrogen-bond acceptors (Lipinski definition) is 3. The molecule has 0 aliphatic carbocycles. The van der Waals surface area contributed by atoms with Crippen LogP contribution in [0.15, 0.2) is 12.1 Å². The van der Waals surface area contributed by atoms with Crippen molar-refractivity contribution in [2.45, 2.75) is 12.4 Å². The molecule has 0 amide bonds. The molecule has 0 saturated heterocycles. The van der Waals surface area contributed by atoms with Crippen molar-refractivity contribution in [1.29, 1.82) is 0 Å². The Bertz CT molecular complexity index is 544. The van der Waals surface area contributed by atoms with Crippen LogP contribution in [-0.2, 0) is 17.1 Å². The first kappa shape index (κ1) is 16.0. The Hall–Kier alpha value is -2.06. The minimum Gasteiger partial charge on any atom is -0.465 e. The van der Waals surface area contributed by atoms with Gasteiger partial charge < -0.3 is 4.74 Å². The maximum atomic E-state index is 12.7. The van der Waals surface area contributed by atoms with E-state index in [0.717, 1.165) is 7.11 Å². The van der Waals surface area contributed by atoms with Crippen molar-refractivity contribution in [1.82, 2.24) is 0 Å². The molecule has 0 radical (unpaired) electrons. The number of benzene rings is 1. The van der Waals surface area contributed by atoms with Crippen molar-refractivity contribution < 1.29 is 40.7 Å². The molecule has 0 aliphatic rings. The lowest BCUT2D eigenvalue weighted by atomic mass is 9.97. The minimum atomic E-state index is -5.39. The Morgan fingerprint density at radius 2 is 1.65 bits per heavy atom. The number of esters is 1. The standard InChI is InChI=1S/C11H6F6O3/c1-20-9(19)5-2-6(4-18)8(11(15,16)17)7(3-5)10(12,13)14/h2-4H,1H3. The van der Waals surface area contributed by atoms with Gasteiger partial charge in [-0.2, -0.15) is 26.3 Å². The van der Waals surface area contributed by atoms with Gasteiger partial charge in [0.1, 0.15) is 0 Å². The van der Waals surface area contributed by atoms with Crippen LogP contribution in [0.5, 0.6) is 0 Å². The fourth-order valence-electron chi connectivity index (χ4n) is 1.53. The summed E-state index contributed by atoms with van der Waals surface area (Å²) < 4.78 is 80.1. The van der Waals surface area contributed by atoms with Crippen molar-refractivity contribution >= 4 is 12.3 Å². The van der Waals surface area contributed by atoms with Gasteiger partial charge in [-0.15, -0.1) is 0 Å². The zero-order valence-electron chi connectivity index (χ0n) is 9.72. The Labute approximate surface area is 108 Å². The molecule has 0 heterocycles. The molecule has 0 spiro atoms. The molecule has 1 aromatic carbocycles. The van der Waals surface area contributed by atoms with Crippen LogP contribution in [0, 0.1) is 0 Å². The maximum Gasteiger partial charge on any atom is 0.417 e. The van der Waals surface area contributed by atoms with Crippen LogP contribution in [0.2, 0.25) is 0 Å². The van der Waals surface area contributed by atoms with Gasteiger partial charge in [-0.1, -0.05) is 0 Å². The Morgan fingerprint density at radius 3 is 2.00 bits per heavy atom. The van der Waals surface area contributed by atoms with E-state index in [9.17, 15) is 35.9 Å². The highest BCUT2D eigenvalue weighted by atomic mass is 19.4. The summed E-state index contributed by atoms with van der Waals surface area (Å²) in [6, 6.07) is 0.401. The maximum absolute atomic E-state index is 12.7. The normalized spacial score (nSPS) is 12.2. The lowest BCUT2D eigenvalue weighted by molar-refractivity contribution is -0.162. The molecule has 0 atom stereocenters. The molecule has 0 saturated carbocycles. The van der Waals surface area contributed by atoms with E-state index in [0.29, 0.717) is 6.07 Å². The predicted octanol–water partition coefficient (Wildman–Crippen LogP) is 3.32. The number of carbonyl (C=O) groups is 2. The minimum absolute atomic E-state index is 0.00164. The Morgan fingerprint density at radius 1 is 1.10 bits per heavy atom. The van der Waals surface area contributed by atoms with E-state index in [1.807, 2.05) is 0 Å². The summed E-state index contributed by atoms with van der Waals surface area (Å²) in [6.07, 6.45) is -11.2.